The average Bonchev–Trinajstić information content (AvgIpc) is 2.62. The highest BCUT2D eigenvalue weighted by Gasteiger charge is 2.26. The zero-order chi connectivity index (χ0) is 19.3. The minimum atomic E-state index is 0.0161. The molecule has 26 heavy (non-hydrogen) atoms. The van der Waals surface area contributed by atoms with Crippen molar-refractivity contribution in [2.45, 2.75) is 59.5 Å². The first-order valence-electron chi connectivity index (χ1n) is 9.80. The molecule has 0 atom stereocenters. The summed E-state index contributed by atoms with van der Waals surface area (Å²) in [5, 5.41) is 3.13. The van der Waals surface area contributed by atoms with Gasteiger partial charge in [0.15, 0.2) is 0 Å². The minimum Gasteiger partial charge on any atom is -0.371 e. The van der Waals surface area contributed by atoms with Gasteiger partial charge in [-0.3, -0.25) is 9.59 Å². The van der Waals surface area contributed by atoms with Gasteiger partial charge < -0.3 is 15.1 Å². The van der Waals surface area contributed by atoms with E-state index in [1.165, 1.54) is 0 Å². The van der Waals surface area contributed by atoms with Gasteiger partial charge in [0.2, 0.25) is 5.91 Å². The first-order valence-corrected chi connectivity index (χ1v) is 9.80. The van der Waals surface area contributed by atoms with E-state index < -0.39 is 0 Å². The van der Waals surface area contributed by atoms with Crippen LogP contribution in [0, 0.1) is 5.92 Å². The van der Waals surface area contributed by atoms with Crippen molar-refractivity contribution in [3.63, 3.8) is 0 Å². The van der Waals surface area contributed by atoms with Gasteiger partial charge in [-0.25, -0.2) is 0 Å². The molecular weight excluding hydrogens is 326 g/mol. The molecule has 0 aromatic heterocycles. The third-order valence-electron chi connectivity index (χ3n) is 5.07. The molecule has 0 radical (unpaired) electrons. The first-order chi connectivity index (χ1) is 12.3. The molecule has 5 heteroatoms. The van der Waals surface area contributed by atoms with Crippen LogP contribution in [0.4, 0.5) is 5.69 Å². The largest absolute Gasteiger partial charge is 0.371 e. The summed E-state index contributed by atoms with van der Waals surface area (Å²) in [7, 11) is 0. The van der Waals surface area contributed by atoms with Crippen LogP contribution in [-0.4, -0.2) is 48.4 Å². The fraction of sp³-hybridized carbons (Fsp3) is 0.619. The maximum Gasteiger partial charge on any atom is 0.256 e. The third-order valence-corrected chi connectivity index (χ3v) is 5.07. The van der Waals surface area contributed by atoms with E-state index in [0.29, 0.717) is 6.54 Å². The zero-order valence-electron chi connectivity index (χ0n) is 16.8. The molecule has 5 nitrogen and oxygen atoms in total. The number of piperidine rings is 1. The second-order valence-electron chi connectivity index (χ2n) is 7.63. The zero-order valence-corrected chi connectivity index (χ0v) is 16.8. The van der Waals surface area contributed by atoms with E-state index in [1.807, 2.05) is 63.8 Å². The Morgan fingerprint density at radius 1 is 1.15 bits per heavy atom. The molecule has 1 N–H and O–H groups in total. The molecule has 1 heterocycles. The molecule has 2 amide bonds. The van der Waals surface area contributed by atoms with E-state index in [2.05, 4.69) is 10.2 Å². The Bertz CT molecular complexity index is 619. The average molecular weight is 360 g/mol. The molecule has 0 bridgehead atoms. The summed E-state index contributed by atoms with van der Waals surface area (Å²) < 4.78 is 0. The second kappa shape index (κ2) is 9.06. The van der Waals surface area contributed by atoms with E-state index in [1.54, 1.807) is 0 Å². The van der Waals surface area contributed by atoms with Gasteiger partial charge in [0.25, 0.3) is 5.91 Å². The Morgan fingerprint density at radius 3 is 2.31 bits per heavy atom. The van der Waals surface area contributed by atoms with E-state index in [0.717, 1.165) is 37.2 Å². The van der Waals surface area contributed by atoms with Gasteiger partial charge in [-0.2, -0.15) is 0 Å². The van der Waals surface area contributed by atoms with Gasteiger partial charge in [0, 0.05) is 43.3 Å². The highest BCUT2D eigenvalue weighted by molar-refractivity contribution is 6.00. The normalized spacial score (nSPS) is 15.4. The van der Waals surface area contributed by atoms with Crippen molar-refractivity contribution in [3.05, 3.63) is 29.8 Å². The van der Waals surface area contributed by atoms with Crippen molar-refractivity contribution in [1.29, 1.82) is 0 Å². The summed E-state index contributed by atoms with van der Waals surface area (Å²) in [6, 6.07) is 8.29. The molecule has 1 saturated heterocycles. The smallest absolute Gasteiger partial charge is 0.256 e. The number of carbonyl (C=O) groups is 2. The molecule has 0 saturated carbocycles. The summed E-state index contributed by atoms with van der Waals surface area (Å²) in [6.45, 7) is 12.3. The highest BCUT2D eigenvalue weighted by Crippen LogP contribution is 2.26. The van der Waals surface area contributed by atoms with E-state index in [9.17, 15) is 9.59 Å². The number of hydrogen-bond donors (Lipinski definition) is 1. The second-order valence-corrected chi connectivity index (χ2v) is 7.63. The lowest BCUT2D eigenvalue weighted by atomic mass is 10.0. The van der Waals surface area contributed by atoms with Crippen LogP contribution < -0.4 is 10.2 Å². The lowest BCUT2D eigenvalue weighted by Crippen LogP contribution is -2.46. The van der Waals surface area contributed by atoms with Crippen LogP contribution in [0.3, 0.4) is 0 Å². The Balaban J connectivity index is 2.09. The summed E-state index contributed by atoms with van der Waals surface area (Å²) in [5.41, 5.74) is 1.78. The van der Waals surface area contributed by atoms with Crippen LogP contribution in [-0.2, 0) is 4.79 Å². The van der Waals surface area contributed by atoms with E-state index in [4.69, 9.17) is 0 Å². The Morgan fingerprint density at radius 2 is 1.77 bits per heavy atom. The standard InChI is InChI=1S/C21H33N3O2/c1-6-24(16(4)5)21(26)18-9-7-8-10-19(18)23-13-11-17(12-14-23)22-20(25)15(2)3/h7-10,15-17H,6,11-14H2,1-5H3,(H,22,25). The summed E-state index contributed by atoms with van der Waals surface area (Å²) in [6.07, 6.45) is 1.81. The SMILES string of the molecule is CCN(C(=O)c1ccccc1N1CCC(NC(=O)C(C)C)CC1)C(C)C. The van der Waals surface area contributed by atoms with E-state index in [-0.39, 0.29) is 29.8 Å². The molecule has 1 fully saturated rings. The lowest BCUT2D eigenvalue weighted by molar-refractivity contribution is -0.124. The van der Waals surface area contributed by atoms with E-state index >= 15 is 0 Å². The van der Waals surface area contributed by atoms with Crippen LogP contribution >= 0.6 is 0 Å². The summed E-state index contributed by atoms with van der Waals surface area (Å²) in [5.74, 6) is 0.227. The number of rotatable bonds is 6. The molecule has 1 aliphatic rings. The maximum atomic E-state index is 13.0. The number of anilines is 1. The number of benzene rings is 1. The van der Waals surface area contributed by atoms with Gasteiger partial charge >= 0.3 is 0 Å². The molecule has 144 valence electrons. The van der Waals surface area contributed by atoms with Crippen molar-refractivity contribution in [1.82, 2.24) is 10.2 Å². The maximum absolute atomic E-state index is 13.0. The van der Waals surface area contributed by atoms with Crippen LogP contribution in [0.1, 0.15) is 57.8 Å². The minimum absolute atomic E-state index is 0.0161. The van der Waals surface area contributed by atoms with Gasteiger partial charge in [-0.05, 0) is 45.7 Å². The number of nitrogens with one attached hydrogen (secondary N) is 1. The molecule has 1 aliphatic heterocycles. The van der Waals surface area contributed by atoms with Crippen molar-refractivity contribution in [2.75, 3.05) is 24.5 Å². The number of para-hydroxylation sites is 1. The lowest BCUT2D eigenvalue weighted by Gasteiger charge is -2.36. The molecule has 0 spiro atoms. The summed E-state index contributed by atoms with van der Waals surface area (Å²) >= 11 is 0. The topological polar surface area (TPSA) is 52.7 Å². The molecule has 1 aromatic carbocycles. The van der Waals surface area contributed by atoms with Gasteiger partial charge in [0.1, 0.15) is 0 Å². The third kappa shape index (κ3) is 4.77. The van der Waals surface area contributed by atoms with Crippen LogP contribution in [0.15, 0.2) is 24.3 Å². The fourth-order valence-corrected chi connectivity index (χ4v) is 3.46. The summed E-state index contributed by atoms with van der Waals surface area (Å²) in [4.78, 5) is 29.1. The van der Waals surface area contributed by atoms with Crippen molar-refractivity contribution in [2.24, 2.45) is 5.92 Å². The predicted octanol–water partition coefficient (Wildman–Crippen LogP) is 3.30. The molecule has 1 aromatic rings. The van der Waals surface area contributed by atoms with Crippen molar-refractivity contribution >= 4 is 17.5 Å². The number of amides is 2. The van der Waals surface area contributed by atoms with Gasteiger partial charge in [-0.1, -0.05) is 26.0 Å². The predicted molar refractivity (Wildman–Crippen MR) is 107 cm³/mol. The van der Waals surface area contributed by atoms with Gasteiger partial charge in [0.05, 0.1) is 5.56 Å². The Labute approximate surface area is 157 Å². The number of hydrogen-bond acceptors (Lipinski definition) is 3. The quantitative estimate of drug-likeness (QED) is 0.848. The molecule has 0 unspecified atom stereocenters. The van der Waals surface area contributed by atoms with Gasteiger partial charge in [-0.15, -0.1) is 0 Å². The Kier molecular flexibility index (Phi) is 7.06. The van der Waals surface area contributed by atoms with Crippen LogP contribution in [0.2, 0.25) is 0 Å². The highest BCUT2D eigenvalue weighted by atomic mass is 16.2. The van der Waals surface area contributed by atoms with Crippen LogP contribution in [0.25, 0.3) is 0 Å². The number of carbonyl (C=O) groups excluding carboxylic acids is 2. The van der Waals surface area contributed by atoms with Crippen molar-refractivity contribution in [3.8, 4) is 0 Å². The monoisotopic (exact) mass is 359 g/mol. The molecular formula is C21H33N3O2. The molecule has 0 aliphatic carbocycles. The Hall–Kier alpha value is -2.04. The van der Waals surface area contributed by atoms with Crippen LogP contribution in [0.5, 0.6) is 0 Å². The van der Waals surface area contributed by atoms with Crippen molar-refractivity contribution < 1.29 is 9.59 Å². The molecule has 2 rings (SSSR count). The first kappa shape index (κ1) is 20.3. The fourth-order valence-electron chi connectivity index (χ4n) is 3.46. The number of nitrogens with zero attached hydrogens (tertiary/aromatic N) is 2.